The van der Waals surface area contributed by atoms with Crippen molar-refractivity contribution in [1.82, 2.24) is 5.32 Å². The second-order valence-corrected chi connectivity index (χ2v) is 5.27. The maximum Gasteiger partial charge on any atom is 0.154 e. The van der Waals surface area contributed by atoms with Gasteiger partial charge < -0.3 is 5.32 Å². The molecular formula is C6H13NO2S. The van der Waals surface area contributed by atoms with Crippen LogP contribution in [-0.2, 0) is 9.84 Å². The van der Waals surface area contributed by atoms with Crippen LogP contribution in [0.4, 0.5) is 0 Å². The van der Waals surface area contributed by atoms with Gasteiger partial charge in [-0.2, -0.15) is 0 Å². The fourth-order valence-electron chi connectivity index (χ4n) is 1.03. The normalized spacial score (nSPS) is 33.1. The van der Waals surface area contributed by atoms with E-state index < -0.39 is 9.84 Å². The maximum absolute atomic E-state index is 11.2. The summed E-state index contributed by atoms with van der Waals surface area (Å²) in [5.41, 5.74) is 0. The van der Waals surface area contributed by atoms with E-state index in [2.05, 4.69) is 5.32 Å². The van der Waals surface area contributed by atoms with Gasteiger partial charge in [-0.05, 0) is 19.9 Å². The molecule has 0 bridgehead atoms. The Bertz CT molecular complexity index is 198. The quantitative estimate of drug-likeness (QED) is 0.537. The van der Waals surface area contributed by atoms with Crippen LogP contribution in [0.15, 0.2) is 0 Å². The van der Waals surface area contributed by atoms with Gasteiger partial charge in [-0.15, -0.1) is 0 Å². The third-order valence-corrected chi connectivity index (χ3v) is 4.08. The Morgan fingerprint density at radius 2 is 2.20 bits per heavy atom. The second-order valence-electron chi connectivity index (χ2n) is 2.74. The molecule has 1 N–H and O–H groups in total. The smallest absolute Gasteiger partial charge is 0.154 e. The first-order chi connectivity index (χ1) is 4.63. The summed E-state index contributed by atoms with van der Waals surface area (Å²) >= 11 is 0. The van der Waals surface area contributed by atoms with Crippen molar-refractivity contribution >= 4 is 9.84 Å². The zero-order valence-corrected chi connectivity index (χ0v) is 6.95. The SMILES string of the molecule is CC1CNCCCS1(=O)=O. The number of sulfone groups is 1. The van der Waals surface area contributed by atoms with E-state index in [0.29, 0.717) is 12.3 Å². The molecule has 0 radical (unpaired) electrons. The van der Waals surface area contributed by atoms with Gasteiger partial charge >= 0.3 is 0 Å². The Balaban J connectivity index is 2.71. The van der Waals surface area contributed by atoms with Gasteiger partial charge in [0.2, 0.25) is 0 Å². The molecule has 1 unspecified atom stereocenters. The molecule has 10 heavy (non-hydrogen) atoms. The minimum atomic E-state index is -2.76. The predicted molar refractivity (Wildman–Crippen MR) is 40.7 cm³/mol. The number of hydrogen-bond donors (Lipinski definition) is 1. The highest BCUT2D eigenvalue weighted by Crippen LogP contribution is 2.05. The summed E-state index contributed by atoms with van der Waals surface area (Å²) in [4.78, 5) is 0. The van der Waals surface area contributed by atoms with Crippen molar-refractivity contribution in [1.29, 1.82) is 0 Å². The Labute approximate surface area is 61.7 Å². The maximum atomic E-state index is 11.2. The lowest BCUT2D eigenvalue weighted by Gasteiger charge is -2.06. The molecule has 1 saturated heterocycles. The van der Waals surface area contributed by atoms with Crippen LogP contribution in [0.1, 0.15) is 13.3 Å². The lowest BCUT2D eigenvalue weighted by atomic mass is 10.4. The average molecular weight is 163 g/mol. The van der Waals surface area contributed by atoms with E-state index in [1.165, 1.54) is 0 Å². The molecule has 0 aromatic carbocycles. The third kappa shape index (κ3) is 1.70. The summed E-state index contributed by atoms with van der Waals surface area (Å²) in [6.07, 6.45) is 0.757. The lowest BCUT2D eigenvalue weighted by Crippen LogP contribution is -2.27. The summed E-state index contributed by atoms with van der Waals surface area (Å²) in [5, 5.41) is 2.87. The fraction of sp³-hybridized carbons (Fsp3) is 1.00. The molecule has 0 aliphatic carbocycles. The minimum Gasteiger partial charge on any atom is -0.315 e. The molecule has 1 aliphatic heterocycles. The number of nitrogens with one attached hydrogen (secondary N) is 1. The topological polar surface area (TPSA) is 46.2 Å². The first kappa shape index (κ1) is 8.01. The molecular weight excluding hydrogens is 150 g/mol. The molecule has 0 amide bonds. The standard InChI is InChI=1S/C6H13NO2S/c1-6-5-7-3-2-4-10(6,8)9/h6-7H,2-5H2,1H3. The number of hydrogen-bond acceptors (Lipinski definition) is 3. The summed E-state index contributed by atoms with van der Waals surface area (Å²) in [6, 6.07) is 0. The minimum absolute atomic E-state index is 0.199. The van der Waals surface area contributed by atoms with Gasteiger partial charge in [0.15, 0.2) is 9.84 Å². The van der Waals surface area contributed by atoms with E-state index in [1.54, 1.807) is 6.92 Å². The van der Waals surface area contributed by atoms with Crippen LogP contribution >= 0.6 is 0 Å². The van der Waals surface area contributed by atoms with Crippen molar-refractivity contribution < 1.29 is 8.42 Å². The van der Waals surface area contributed by atoms with E-state index in [4.69, 9.17) is 0 Å². The summed E-state index contributed by atoms with van der Waals surface area (Å²) in [7, 11) is -2.76. The Morgan fingerprint density at radius 1 is 1.50 bits per heavy atom. The van der Waals surface area contributed by atoms with Crippen LogP contribution < -0.4 is 5.32 Å². The largest absolute Gasteiger partial charge is 0.315 e. The highest BCUT2D eigenvalue weighted by atomic mass is 32.2. The Morgan fingerprint density at radius 3 is 2.90 bits per heavy atom. The Kier molecular flexibility index (Phi) is 2.31. The van der Waals surface area contributed by atoms with Gasteiger partial charge in [0, 0.05) is 6.54 Å². The molecule has 1 heterocycles. The van der Waals surface area contributed by atoms with Crippen molar-refractivity contribution in [2.75, 3.05) is 18.8 Å². The molecule has 0 aromatic rings. The van der Waals surface area contributed by atoms with Crippen molar-refractivity contribution in [3.05, 3.63) is 0 Å². The average Bonchev–Trinajstić information content (AvgIpc) is 1.96. The van der Waals surface area contributed by atoms with Gasteiger partial charge in [0.25, 0.3) is 0 Å². The van der Waals surface area contributed by atoms with Crippen LogP contribution in [-0.4, -0.2) is 32.5 Å². The second kappa shape index (κ2) is 2.88. The zero-order valence-electron chi connectivity index (χ0n) is 6.13. The van der Waals surface area contributed by atoms with E-state index in [9.17, 15) is 8.42 Å². The van der Waals surface area contributed by atoms with Gasteiger partial charge in [-0.1, -0.05) is 0 Å². The molecule has 1 fully saturated rings. The van der Waals surface area contributed by atoms with Crippen LogP contribution in [0, 0.1) is 0 Å². The van der Waals surface area contributed by atoms with Gasteiger partial charge in [0.05, 0.1) is 11.0 Å². The van der Waals surface area contributed by atoms with E-state index >= 15 is 0 Å². The Hall–Kier alpha value is -0.0900. The molecule has 1 atom stereocenters. The monoisotopic (exact) mass is 163 g/mol. The summed E-state index contributed by atoms with van der Waals surface area (Å²) < 4.78 is 22.3. The summed E-state index contributed by atoms with van der Waals surface area (Å²) in [5.74, 6) is 0.348. The highest BCUT2D eigenvalue weighted by Gasteiger charge is 2.21. The van der Waals surface area contributed by atoms with E-state index in [-0.39, 0.29) is 5.25 Å². The van der Waals surface area contributed by atoms with Gasteiger partial charge in [0.1, 0.15) is 0 Å². The first-order valence-electron chi connectivity index (χ1n) is 3.55. The van der Waals surface area contributed by atoms with Crippen molar-refractivity contribution in [2.24, 2.45) is 0 Å². The highest BCUT2D eigenvalue weighted by molar-refractivity contribution is 7.92. The van der Waals surface area contributed by atoms with Crippen LogP contribution in [0.25, 0.3) is 0 Å². The molecule has 0 spiro atoms. The van der Waals surface area contributed by atoms with Crippen molar-refractivity contribution in [3.8, 4) is 0 Å². The molecule has 3 nitrogen and oxygen atoms in total. The van der Waals surface area contributed by atoms with Crippen LogP contribution in [0.3, 0.4) is 0 Å². The fourth-order valence-corrected chi connectivity index (χ4v) is 2.35. The molecule has 1 rings (SSSR count). The third-order valence-electron chi connectivity index (χ3n) is 1.83. The van der Waals surface area contributed by atoms with Crippen LogP contribution in [0.2, 0.25) is 0 Å². The lowest BCUT2D eigenvalue weighted by molar-refractivity contribution is 0.584. The van der Waals surface area contributed by atoms with Gasteiger partial charge in [-0.3, -0.25) is 0 Å². The molecule has 0 saturated carbocycles. The first-order valence-corrected chi connectivity index (χ1v) is 5.27. The van der Waals surface area contributed by atoms with Crippen molar-refractivity contribution in [2.45, 2.75) is 18.6 Å². The zero-order chi connectivity index (χ0) is 7.61. The summed E-state index contributed by atoms with van der Waals surface area (Å²) in [6.45, 7) is 3.21. The van der Waals surface area contributed by atoms with Crippen molar-refractivity contribution in [3.63, 3.8) is 0 Å². The van der Waals surface area contributed by atoms with Crippen LogP contribution in [0.5, 0.6) is 0 Å². The molecule has 60 valence electrons. The number of rotatable bonds is 0. The van der Waals surface area contributed by atoms with E-state index in [1.807, 2.05) is 0 Å². The molecule has 1 aliphatic rings. The molecule has 4 heteroatoms. The van der Waals surface area contributed by atoms with Gasteiger partial charge in [-0.25, -0.2) is 8.42 Å². The molecule has 0 aromatic heterocycles. The predicted octanol–water partition coefficient (Wildman–Crippen LogP) is -0.217. The van der Waals surface area contributed by atoms with E-state index in [0.717, 1.165) is 13.0 Å².